The van der Waals surface area contributed by atoms with Gasteiger partial charge in [-0.05, 0) is 35.2 Å². The van der Waals surface area contributed by atoms with Crippen molar-refractivity contribution in [1.82, 2.24) is 15.3 Å². The molecule has 0 bridgehead atoms. The van der Waals surface area contributed by atoms with Crippen LogP contribution in [0.25, 0.3) is 10.9 Å². The Balaban J connectivity index is 2.02. The highest BCUT2D eigenvalue weighted by Gasteiger charge is 2.23. The highest BCUT2D eigenvalue weighted by atomic mass is 79.9. The number of benzene rings is 1. The molecule has 1 fully saturated rings. The van der Waals surface area contributed by atoms with Crippen LogP contribution in [0.2, 0.25) is 5.02 Å². The number of H-pyrrole nitrogens is 1. The molecule has 6 nitrogen and oxygen atoms in total. The van der Waals surface area contributed by atoms with Gasteiger partial charge >= 0.3 is 0 Å². The number of fused-ring (bicyclic) bond motifs is 1. The van der Waals surface area contributed by atoms with E-state index in [2.05, 4.69) is 31.2 Å². The van der Waals surface area contributed by atoms with Gasteiger partial charge in [-0.25, -0.2) is 9.37 Å². The van der Waals surface area contributed by atoms with Crippen LogP contribution in [0.1, 0.15) is 6.42 Å². The summed E-state index contributed by atoms with van der Waals surface area (Å²) in [5, 5.41) is 3.61. The van der Waals surface area contributed by atoms with Gasteiger partial charge in [0.1, 0.15) is 22.5 Å². The Hall–Kier alpha value is -0.870. The zero-order chi connectivity index (χ0) is 18.0. The molecule has 1 unspecified atom stereocenters. The Morgan fingerprint density at radius 3 is 3.12 bits per heavy atom. The van der Waals surface area contributed by atoms with Gasteiger partial charge in [-0.15, -0.1) is 0 Å². The third kappa shape index (κ3) is 3.95. The lowest BCUT2D eigenvalue weighted by Gasteiger charge is -2.18. The molecule has 0 spiro atoms. The molecule has 0 saturated carbocycles. The fourth-order valence-corrected chi connectivity index (χ4v) is 3.50. The fraction of sp³-hybridized carbons (Fsp3) is 0.467. The van der Waals surface area contributed by atoms with Crippen molar-refractivity contribution in [3.8, 4) is 5.75 Å². The molecule has 2 aromatic rings. The predicted octanol–water partition coefficient (Wildman–Crippen LogP) is 2.96. The van der Waals surface area contributed by atoms with Crippen molar-refractivity contribution in [2.24, 2.45) is 0 Å². The van der Waals surface area contributed by atoms with Gasteiger partial charge in [0.05, 0.1) is 17.1 Å². The van der Waals surface area contributed by atoms with Crippen LogP contribution < -0.4 is 15.6 Å². The highest BCUT2D eigenvalue weighted by molar-refractivity contribution is 9.10. The first-order chi connectivity index (χ1) is 12.0. The molecule has 2 N–H and O–H groups in total. The molecule has 1 aliphatic heterocycles. The lowest BCUT2D eigenvalue weighted by atomic mass is 10.2. The molecular formula is C15H16BrClFN3O3S. The van der Waals surface area contributed by atoms with Crippen LogP contribution in [0.3, 0.4) is 0 Å². The van der Waals surface area contributed by atoms with Gasteiger partial charge in [-0.2, -0.15) is 0 Å². The van der Waals surface area contributed by atoms with E-state index in [1.807, 2.05) is 0 Å². The summed E-state index contributed by atoms with van der Waals surface area (Å²) in [5.41, 5.74) is -0.577. The molecular weight excluding hydrogens is 437 g/mol. The second-order valence-electron chi connectivity index (χ2n) is 5.46. The second-order valence-corrected chi connectivity index (χ2v) is 7.43. The minimum atomic E-state index is -0.690. The first kappa shape index (κ1) is 18.9. The van der Waals surface area contributed by atoms with Gasteiger partial charge in [0.25, 0.3) is 5.56 Å². The summed E-state index contributed by atoms with van der Waals surface area (Å²) in [6.07, 6.45) is 2.66. The van der Waals surface area contributed by atoms with Gasteiger partial charge in [0.15, 0.2) is 16.7 Å². The van der Waals surface area contributed by atoms with Crippen molar-refractivity contribution in [3.05, 3.63) is 25.7 Å². The van der Waals surface area contributed by atoms with Gasteiger partial charge in [-0.1, -0.05) is 23.4 Å². The van der Waals surface area contributed by atoms with E-state index in [0.29, 0.717) is 18.4 Å². The third-order valence-corrected chi connectivity index (χ3v) is 5.67. The fourth-order valence-electron chi connectivity index (χ4n) is 2.52. The summed E-state index contributed by atoms with van der Waals surface area (Å²) in [6.45, 7) is 2.23. The quantitative estimate of drug-likeness (QED) is 0.422. The summed E-state index contributed by atoms with van der Waals surface area (Å²) < 4.78 is 25.8. The minimum Gasteiger partial charge on any atom is -0.489 e. The number of hydrogen-bond acceptors (Lipinski definition) is 6. The number of ether oxygens (including phenoxy) is 2. The van der Waals surface area contributed by atoms with E-state index in [1.165, 1.54) is 11.8 Å². The van der Waals surface area contributed by atoms with Crippen molar-refractivity contribution in [2.45, 2.75) is 17.6 Å². The van der Waals surface area contributed by atoms with Crippen LogP contribution in [0, 0.1) is 5.82 Å². The number of hydrogen-bond donors (Lipinski definition) is 2. The second kappa shape index (κ2) is 8.22. The summed E-state index contributed by atoms with van der Waals surface area (Å²) in [7, 11) is 0. The van der Waals surface area contributed by atoms with Crippen molar-refractivity contribution < 1.29 is 13.9 Å². The molecule has 0 radical (unpaired) electrons. The Bertz CT molecular complexity index is 843. The van der Waals surface area contributed by atoms with Crippen molar-refractivity contribution in [3.63, 3.8) is 0 Å². The Morgan fingerprint density at radius 2 is 2.36 bits per heavy atom. The third-order valence-electron chi connectivity index (χ3n) is 3.76. The largest absolute Gasteiger partial charge is 0.489 e. The van der Waals surface area contributed by atoms with Crippen molar-refractivity contribution in [1.29, 1.82) is 0 Å². The number of thioether (sulfide) groups is 1. The van der Waals surface area contributed by atoms with E-state index < -0.39 is 11.4 Å². The van der Waals surface area contributed by atoms with Gasteiger partial charge in [-0.3, -0.25) is 4.79 Å². The van der Waals surface area contributed by atoms with Gasteiger partial charge < -0.3 is 19.8 Å². The number of rotatable bonds is 4. The zero-order valence-corrected chi connectivity index (χ0v) is 16.5. The van der Waals surface area contributed by atoms with Crippen LogP contribution in [-0.2, 0) is 4.74 Å². The first-order valence-corrected chi connectivity index (χ1v) is 10.0. The predicted molar refractivity (Wildman–Crippen MR) is 99.5 cm³/mol. The molecule has 1 aromatic heterocycles. The van der Waals surface area contributed by atoms with Crippen LogP contribution in [0.15, 0.2) is 14.4 Å². The lowest BCUT2D eigenvalue weighted by molar-refractivity contribution is 0.114. The molecule has 25 heavy (non-hydrogen) atoms. The average molecular weight is 453 g/mol. The first-order valence-electron chi connectivity index (χ1n) is 7.61. The van der Waals surface area contributed by atoms with E-state index in [9.17, 15) is 9.18 Å². The smallest absolute Gasteiger partial charge is 0.263 e. The van der Waals surface area contributed by atoms with E-state index in [-0.39, 0.29) is 38.8 Å². The molecule has 136 valence electrons. The van der Waals surface area contributed by atoms with Crippen LogP contribution >= 0.6 is 39.3 Å². The number of nitrogens with one attached hydrogen (secondary N) is 2. The monoisotopic (exact) mass is 451 g/mol. The highest BCUT2D eigenvalue weighted by Crippen LogP contribution is 2.40. The molecule has 1 aliphatic rings. The number of halogens is 3. The average Bonchev–Trinajstić information content (AvgIpc) is 2.88. The summed E-state index contributed by atoms with van der Waals surface area (Å²) >= 11 is 10.5. The molecule has 3 rings (SSSR count). The van der Waals surface area contributed by atoms with Crippen LogP contribution in [-0.4, -0.2) is 48.6 Å². The molecule has 10 heteroatoms. The zero-order valence-electron chi connectivity index (χ0n) is 13.3. The van der Waals surface area contributed by atoms with Gasteiger partial charge in [0.2, 0.25) is 0 Å². The topological polar surface area (TPSA) is 76.2 Å². The van der Waals surface area contributed by atoms with E-state index in [0.717, 1.165) is 13.0 Å². The molecule has 0 aliphatic carbocycles. The molecule has 1 aromatic carbocycles. The molecule has 2 heterocycles. The van der Waals surface area contributed by atoms with Crippen LogP contribution in [0.4, 0.5) is 4.39 Å². The van der Waals surface area contributed by atoms with E-state index >= 15 is 0 Å². The Labute approximate surface area is 160 Å². The van der Waals surface area contributed by atoms with Crippen molar-refractivity contribution in [2.75, 3.05) is 32.6 Å². The SMILES string of the molecule is CSc1nc2c(F)c(Br)c(Cl)c(OCC3COCCCN3)c2c(=O)[nH]1. The maximum atomic E-state index is 14.5. The minimum absolute atomic E-state index is 0.00181. The number of nitrogens with zero attached hydrogens (tertiary/aromatic N) is 1. The van der Waals surface area contributed by atoms with Gasteiger partial charge in [0, 0.05) is 6.61 Å². The molecule has 0 amide bonds. The summed E-state index contributed by atoms with van der Waals surface area (Å²) in [5.74, 6) is -0.581. The van der Waals surface area contributed by atoms with E-state index in [4.69, 9.17) is 21.1 Å². The van der Waals surface area contributed by atoms with Crippen LogP contribution in [0.5, 0.6) is 5.75 Å². The molecule has 1 atom stereocenters. The van der Waals surface area contributed by atoms with Crippen molar-refractivity contribution >= 4 is 50.2 Å². The summed E-state index contributed by atoms with van der Waals surface area (Å²) in [4.78, 5) is 19.2. The summed E-state index contributed by atoms with van der Waals surface area (Å²) in [6, 6.07) is -0.0463. The maximum absolute atomic E-state index is 14.5. The molecule has 1 saturated heterocycles. The van der Waals surface area contributed by atoms with E-state index in [1.54, 1.807) is 6.26 Å². The standard InChI is InChI=1S/C15H16BrClFN3O3S/c1-25-15-20-12-8(14(22)21-15)13(10(17)9(16)11(12)18)24-6-7-5-23-4-2-3-19-7/h7,19H,2-6H2,1H3,(H,20,21,22). The normalized spacial score (nSPS) is 18.3. The number of aromatic nitrogens is 2. The number of aromatic amines is 1. The maximum Gasteiger partial charge on any atom is 0.263 e. The Morgan fingerprint density at radius 1 is 1.56 bits per heavy atom. The Kier molecular flexibility index (Phi) is 6.21. The lowest BCUT2D eigenvalue weighted by Crippen LogP contribution is -2.37.